The van der Waals surface area contributed by atoms with Crippen LogP contribution in [0.1, 0.15) is 79.1 Å². The van der Waals surface area contributed by atoms with Gasteiger partial charge in [0, 0.05) is 12.5 Å². The van der Waals surface area contributed by atoms with Gasteiger partial charge < -0.3 is 24.4 Å². The molecule has 1 heterocycles. The van der Waals surface area contributed by atoms with Crippen LogP contribution in [0.25, 0.3) is 0 Å². The van der Waals surface area contributed by atoms with E-state index in [4.69, 9.17) is 14.2 Å². The molecule has 0 aromatic heterocycles. The van der Waals surface area contributed by atoms with Gasteiger partial charge in [-0.2, -0.15) is 0 Å². The molecule has 0 saturated carbocycles. The Labute approximate surface area is 207 Å². The van der Waals surface area contributed by atoms with Crippen LogP contribution in [0.4, 0.5) is 0 Å². The van der Waals surface area contributed by atoms with E-state index in [1.54, 1.807) is 0 Å². The molecular formula is C28H48O6. The van der Waals surface area contributed by atoms with Crippen molar-refractivity contribution in [1.82, 2.24) is 0 Å². The predicted molar refractivity (Wildman–Crippen MR) is 137 cm³/mol. The van der Waals surface area contributed by atoms with Crippen molar-refractivity contribution in [2.45, 2.75) is 97.4 Å². The maximum Gasteiger partial charge on any atom is 0.309 e. The largest absolute Gasteiger partial charge is 0.459 e. The fraction of sp³-hybridized carbons (Fsp3) is 0.750. The summed E-state index contributed by atoms with van der Waals surface area (Å²) in [7, 11) is 0. The van der Waals surface area contributed by atoms with Crippen molar-refractivity contribution in [3.05, 3.63) is 36.0 Å². The molecule has 6 nitrogen and oxygen atoms in total. The molecule has 0 bridgehead atoms. The van der Waals surface area contributed by atoms with Crippen LogP contribution in [-0.2, 0) is 19.0 Å². The second-order valence-corrected chi connectivity index (χ2v) is 9.48. The van der Waals surface area contributed by atoms with E-state index >= 15 is 0 Å². The number of rotatable bonds is 5. The molecule has 0 fully saturated rings. The van der Waals surface area contributed by atoms with Gasteiger partial charge in [0.25, 0.3) is 0 Å². The Morgan fingerprint density at radius 3 is 2.56 bits per heavy atom. The Hall–Kier alpha value is -1.47. The summed E-state index contributed by atoms with van der Waals surface area (Å²) in [5, 5.41) is 21.2. The molecule has 0 aromatic rings. The number of ether oxygens (including phenoxy) is 3. The van der Waals surface area contributed by atoms with Crippen LogP contribution < -0.4 is 0 Å². The van der Waals surface area contributed by atoms with Crippen LogP contribution in [0.2, 0.25) is 0 Å². The molecule has 0 unspecified atom stereocenters. The summed E-state index contributed by atoms with van der Waals surface area (Å²) in [6.45, 7) is 14.1. The predicted octanol–water partition coefficient (Wildman–Crippen LogP) is 5.14. The topological polar surface area (TPSA) is 85.2 Å². The minimum Gasteiger partial charge on any atom is -0.459 e. The maximum absolute atomic E-state index is 12.8. The Morgan fingerprint density at radius 2 is 1.82 bits per heavy atom. The first-order valence-corrected chi connectivity index (χ1v) is 13.0. The van der Waals surface area contributed by atoms with E-state index in [0.717, 1.165) is 38.7 Å². The molecular weight excluding hydrogens is 432 g/mol. The fourth-order valence-corrected chi connectivity index (χ4v) is 3.86. The summed E-state index contributed by atoms with van der Waals surface area (Å²) in [6.07, 6.45) is 10.1. The van der Waals surface area contributed by atoms with Crippen LogP contribution in [0.15, 0.2) is 36.0 Å². The second kappa shape index (κ2) is 17.9. The Morgan fingerprint density at radius 1 is 1.12 bits per heavy atom. The Kier molecular flexibility index (Phi) is 16.1. The van der Waals surface area contributed by atoms with Gasteiger partial charge in [-0.15, -0.1) is 0 Å². The number of cyclic esters (lactones) is 1. The summed E-state index contributed by atoms with van der Waals surface area (Å²) >= 11 is 0. The van der Waals surface area contributed by atoms with Crippen molar-refractivity contribution < 1.29 is 29.2 Å². The monoisotopic (exact) mass is 480 g/mol. The van der Waals surface area contributed by atoms with Crippen LogP contribution in [0.5, 0.6) is 0 Å². The lowest BCUT2D eigenvalue weighted by Gasteiger charge is -2.31. The van der Waals surface area contributed by atoms with E-state index in [-0.39, 0.29) is 17.8 Å². The Bertz CT molecular complexity index is 641. The Balaban J connectivity index is 2.87. The van der Waals surface area contributed by atoms with Gasteiger partial charge in [0.2, 0.25) is 0 Å². The number of hydrogen-bond donors (Lipinski definition) is 2. The highest BCUT2D eigenvalue weighted by molar-refractivity contribution is 5.72. The molecule has 6 heteroatoms. The van der Waals surface area contributed by atoms with Crippen molar-refractivity contribution in [2.24, 2.45) is 11.8 Å². The van der Waals surface area contributed by atoms with Crippen molar-refractivity contribution in [3.63, 3.8) is 0 Å². The van der Waals surface area contributed by atoms with E-state index < -0.39 is 18.3 Å². The molecule has 34 heavy (non-hydrogen) atoms. The molecule has 0 spiro atoms. The van der Waals surface area contributed by atoms with Crippen LogP contribution in [0.3, 0.4) is 0 Å². The van der Waals surface area contributed by atoms with E-state index in [9.17, 15) is 15.0 Å². The van der Waals surface area contributed by atoms with Crippen molar-refractivity contribution in [1.29, 1.82) is 0 Å². The fourth-order valence-electron chi connectivity index (χ4n) is 3.86. The zero-order chi connectivity index (χ0) is 25.3. The SMILES string of the molecule is C=C([C@H](O)CC)[C@@H](C)[C@@H](O)[C@@H]1CCC/C(C)=C/COCCOCCC/C=C/CC[C@@H](C)C(=O)O1. The number of carbonyl (C=O) groups excluding carboxylic acids is 1. The third-order valence-corrected chi connectivity index (χ3v) is 6.54. The van der Waals surface area contributed by atoms with Gasteiger partial charge in [0.15, 0.2) is 0 Å². The average Bonchev–Trinajstić information content (AvgIpc) is 2.83. The summed E-state index contributed by atoms with van der Waals surface area (Å²) in [5.74, 6) is -0.922. The number of hydrogen-bond acceptors (Lipinski definition) is 6. The number of aliphatic hydroxyl groups excluding tert-OH is 2. The normalized spacial score (nSPS) is 28.3. The van der Waals surface area contributed by atoms with Crippen LogP contribution >= 0.6 is 0 Å². The van der Waals surface area contributed by atoms with Gasteiger partial charge in [-0.25, -0.2) is 0 Å². The quantitative estimate of drug-likeness (QED) is 0.419. The molecule has 1 rings (SSSR count). The molecule has 196 valence electrons. The van der Waals surface area contributed by atoms with Crippen LogP contribution in [0, 0.1) is 11.8 Å². The van der Waals surface area contributed by atoms with E-state index in [2.05, 4.69) is 31.7 Å². The molecule has 5 atom stereocenters. The van der Waals surface area contributed by atoms with Gasteiger partial charge in [-0.1, -0.05) is 51.2 Å². The lowest BCUT2D eigenvalue weighted by molar-refractivity contribution is -0.161. The van der Waals surface area contributed by atoms with Gasteiger partial charge >= 0.3 is 5.97 Å². The highest BCUT2D eigenvalue weighted by atomic mass is 16.6. The lowest BCUT2D eigenvalue weighted by atomic mass is 9.87. The minimum absolute atomic E-state index is 0.254. The van der Waals surface area contributed by atoms with Gasteiger partial charge in [0.1, 0.15) is 6.10 Å². The zero-order valence-corrected chi connectivity index (χ0v) is 21.8. The van der Waals surface area contributed by atoms with Gasteiger partial charge in [0.05, 0.1) is 37.9 Å². The zero-order valence-electron chi connectivity index (χ0n) is 21.8. The second-order valence-electron chi connectivity index (χ2n) is 9.48. The minimum atomic E-state index is -0.918. The summed E-state index contributed by atoms with van der Waals surface area (Å²) in [5.41, 5.74) is 1.77. The number of esters is 1. The lowest BCUT2D eigenvalue weighted by Crippen LogP contribution is -2.39. The molecule has 1 aliphatic heterocycles. The molecule has 0 amide bonds. The van der Waals surface area contributed by atoms with E-state index in [1.165, 1.54) is 5.57 Å². The van der Waals surface area contributed by atoms with Crippen molar-refractivity contribution in [3.8, 4) is 0 Å². The smallest absolute Gasteiger partial charge is 0.309 e. The third-order valence-electron chi connectivity index (χ3n) is 6.54. The number of allylic oxidation sites excluding steroid dienone is 3. The first-order valence-electron chi connectivity index (χ1n) is 13.0. The number of carbonyl (C=O) groups is 1. The molecule has 0 saturated heterocycles. The van der Waals surface area contributed by atoms with E-state index in [0.29, 0.717) is 44.7 Å². The first-order chi connectivity index (χ1) is 16.3. The first kappa shape index (κ1) is 30.6. The summed E-state index contributed by atoms with van der Waals surface area (Å²) in [6, 6.07) is 0. The van der Waals surface area contributed by atoms with Crippen molar-refractivity contribution in [2.75, 3.05) is 26.4 Å². The van der Waals surface area contributed by atoms with Gasteiger partial charge in [-0.05, 0) is 63.9 Å². The van der Waals surface area contributed by atoms with Crippen molar-refractivity contribution >= 4 is 5.97 Å². The molecule has 0 aliphatic carbocycles. The standard InChI is InChI=1S/C28H48O6/c1-6-25(29)23(4)24(5)27(30)26-15-12-13-21(2)16-18-33-20-19-32-17-11-9-7-8-10-14-22(3)28(31)34-26/h7-8,16,22,24-27,29-30H,4,6,9-15,17-20H2,1-3,5H3/b8-7+,21-16+/t22-,24-,25-,26+,27-/m1/s1. The molecule has 2 N–H and O–H groups in total. The molecule has 0 aromatic carbocycles. The molecule has 1 aliphatic rings. The number of aliphatic hydroxyl groups is 2. The third kappa shape index (κ3) is 12.3. The maximum atomic E-state index is 12.8. The average molecular weight is 481 g/mol. The molecule has 0 radical (unpaired) electrons. The summed E-state index contributed by atoms with van der Waals surface area (Å²) < 4.78 is 17.1. The van der Waals surface area contributed by atoms with Gasteiger partial charge in [-0.3, -0.25) is 4.79 Å². The van der Waals surface area contributed by atoms with Crippen LogP contribution in [-0.4, -0.2) is 60.9 Å². The highest BCUT2D eigenvalue weighted by Crippen LogP contribution is 2.26. The summed E-state index contributed by atoms with van der Waals surface area (Å²) in [4.78, 5) is 12.8. The highest BCUT2D eigenvalue weighted by Gasteiger charge is 2.32. The van der Waals surface area contributed by atoms with E-state index in [1.807, 2.05) is 20.8 Å².